The highest BCUT2D eigenvalue weighted by molar-refractivity contribution is 5.99. The quantitative estimate of drug-likeness (QED) is 0.726. The number of aromatic amines is 1. The maximum atomic E-state index is 13.2. The zero-order valence-electron chi connectivity index (χ0n) is 15.7. The van der Waals surface area contributed by atoms with E-state index in [1.807, 2.05) is 35.2 Å². The number of rotatable bonds is 6. The van der Waals surface area contributed by atoms with Gasteiger partial charge in [0, 0.05) is 42.0 Å². The maximum Gasteiger partial charge on any atom is 0.254 e. The fourth-order valence-corrected chi connectivity index (χ4v) is 3.86. The van der Waals surface area contributed by atoms with E-state index in [9.17, 15) is 4.79 Å². The van der Waals surface area contributed by atoms with Crippen molar-refractivity contribution < 1.29 is 9.53 Å². The molecule has 2 aromatic heterocycles. The Kier molecular flexibility index (Phi) is 5.21. The van der Waals surface area contributed by atoms with Gasteiger partial charge in [-0.3, -0.25) is 9.78 Å². The number of H-pyrrole nitrogens is 1. The van der Waals surface area contributed by atoms with Crippen LogP contribution in [0.1, 0.15) is 40.2 Å². The minimum Gasteiger partial charge on any atom is -0.383 e. The smallest absolute Gasteiger partial charge is 0.254 e. The van der Waals surface area contributed by atoms with E-state index >= 15 is 0 Å². The second-order valence-corrected chi connectivity index (χ2v) is 7.09. The molecule has 5 nitrogen and oxygen atoms in total. The van der Waals surface area contributed by atoms with Gasteiger partial charge in [0.1, 0.15) is 0 Å². The Morgan fingerprint density at radius 3 is 2.93 bits per heavy atom. The Morgan fingerprint density at radius 2 is 2.11 bits per heavy atom. The number of benzene rings is 1. The molecule has 1 aromatic carbocycles. The molecular formula is C22H25N3O2. The summed E-state index contributed by atoms with van der Waals surface area (Å²) in [5.74, 6) is 0.0189. The van der Waals surface area contributed by atoms with Gasteiger partial charge in [0.05, 0.1) is 18.8 Å². The predicted molar refractivity (Wildman–Crippen MR) is 106 cm³/mol. The largest absolute Gasteiger partial charge is 0.383 e. The lowest BCUT2D eigenvalue weighted by molar-refractivity contribution is 0.0678. The third-order valence-electron chi connectivity index (χ3n) is 5.28. The number of pyridine rings is 1. The van der Waals surface area contributed by atoms with Crippen molar-refractivity contribution in [1.29, 1.82) is 0 Å². The molecule has 0 unspecified atom stereocenters. The van der Waals surface area contributed by atoms with Crippen LogP contribution in [0.25, 0.3) is 10.9 Å². The second kappa shape index (κ2) is 7.92. The first-order valence-corrected chi connectivity index (χ1v) is 9.58. The number of amides is 1. The van der Waals surface area contributed by atoms with E-state index in [-0.39, 0.29) is 5.91 Å². The number of hydrogen-bond donors (Lipinski definition) is 1. The summed E-state index contributed by atoms with van der Waals surface area (Å²) >= 11 is 0. The highest BCUT2D eigenvalue weighted by Gasteiger charge is 2.20. The SMILES string of the molecule is COCCN(Cc1ccccn1)C(=O)c1ccc2[nH]c3c(c2c1)CCCC3. The van der Waals surface area contributed by atoms with Crippen molar-refractivity contribution in [2.45, 2.75) is 32.2 Å². The van der Waals surface area contributed by atoms with Crippen LogP contribution in [0.15, 0.2) is 42.6 Å². The Morgan fingerprint density at radius 1 is 1.22 bits per heavy atom. The van der Waals surface area contributed by atoms with E-state index in [0.717, 1.165) is 29.6 Å². The van der Waals surface area contributed by atoms with Crippen LogP contribution in [0.4, 0.5) is 0 Å². The van der Waals surface area contributed by atoms with Crippen molar-refractivity contribution in [3.63, 3.8) is 0 Å². The van der Waals surface area contributed by atoms with E-state index in [2.05, 4.69) is 16.0 Å². The van der Waals surface area contributed by atoms with Crippen LogP contribution in [0.5, 0.6) is 0 Å². The van der Waals surface area contributed by atoms with E-state index in [0.29, 0.717) is 19.7 Å². The minimum absolute atomic E-state index is 0.0189. The predicted octanol–water partition coefficient (Wildman–Crippen LogP) is 3.73. The lowest BCUT2D eigenvalue weighted by atomic mass is 9.95. The van der Waals surface area contributed by atoms with Gasteiger partial charge in [-0.05, 0) is 61.6 Å². The molecule has 140 valence electrons. The molecule has 1 aliphatic carbocycles. The third kappa shape index (κ3) is 3.74. The topological polar surface area (TPSA) is 58.2 Å². The molecule has 2 heterocycles. The summed E-state index contributed by atoms with van der Waals surface area (Å²) in [6, 6.07) is 11.8. The van der Waals surface area contributed by atoms with Crippen molar-refractivity contribution in [3.05, 3.63) is 65.1 Å². The number of aryl methyl sites for hydroxylation is 2. The minimum atomic E-state index is 0.0189. The van der Waals surface area contributed by atoms with Crippen LogP contribution in [0.2, 0.25) is 0 Å². The van der Waals surface area contributed by atoms with Gasteiger partial charge in [-0.25, -0.2) is 0 Å². The summed E-state index contributed by atoms with van der Waals surface area (Å²) in [6.45, 7) is 1.52. The van der Waals surface area contributed by atoms with Gasteiger partial charge in [-0.2, -0.15) is 0 Å². The van der Waals surface area contributed by atoms with E-state index in [4.69, 9.17) is 4.74 Å². The Labute approximate surface area is 159 Å². The van der Waals surface area contributed by atoms with Crippen LogP contribution in [-0.4, -0.2) is 41.0 Å². The second-order valence-electron chi connectivity index (χ2n) is 7.09. The molecule has 0 bridgehead atoms. The Hall–Kier alpha value is -2.66. The average Bonchev–Trinajstić information content (AvgIpc) is 3.09. The van der Waals surface area contributed by atoms with Crippen molar-refractivity contribution >= 4 is 16.8 Å². The van der Waals surface area contributed by atoms with Crippen LogP contribution in [0, 0.1) is 0 Å². The fourth-order valence-electron chi connectivity index (χ4n) is 3.86. The molecule has 1 aliphatic rings. The number of carbonyl (C=O) groups is 1. The molecule has 0 saturated carbocycles. The maximum absolute atomic E-state index is 13.2. The molecular weight excluding hydrogens is 338 g/mol. The summed E-state index contributed by atoms with van der Waals surface area (Å²) in [5, 5.41) is 1.19. The standard InChI is InChI=1S/C22H25N3O2/c1-27-13-12-25(15-17-6-4-5-11-23-17)22(26)16-9-10-21-19(14-16)18-7-2-3-8-20(18)24-21/h4-6,9-11,14,24H,2-3,7-8,12-13,15H2,1H3. The lowest BCUT2D eigenvalue weighted by Crippen LogP contribution is -2.33. The summed E-state index contributed by atoms with van der Waals surface area (Å²) < 4.78 is 5.21. The highest BCUT2D eigenvalue weighted by atomic mass is 16.5. The monoisotopic (exact) mass is 363 g/mol. The van der Waals surface area contributed by atoms with E-state index in [1.165, 1.54) is 29.5 Å². The Bertz CT molecular complexity index is 933. The first-order valence-electron chi connectivity index (χ1n) is 9.58. The molecule has 0 radical (unpaired) electrons. The number of methoxy groups -OCH3 is 1. The molecule has 4 rings (SSSR count). The first kappa shape index (κ1) is 17.7. The first-order chi connectivity index (χ1) is 13.3. The van der Waals surface area contributed by atoms with Crippen LogP contribution in [-0.2, 0) is 24.1 Å². The van der Waals surface area contributed by atoms with Gasteiger partial charge in [0.15, 0.2) is 0 Å². The summed E-state index contributed by atoms with van der Waals surface area (Å²) in [4.78, 5) is 22.9. The number of ether oxygens (including phenoxy) is 1. The zero-order chi connectivity index (χ0) is 18.6. The molecule has 0 fully saturated rings. The Balaban J connectivity index is 1.63. The molecule has 0 aliphatic heterocycles. The van der Waals surface area contributed by atoms with Crippen molar-refractivity contribution in [2.24, 2.45) is 0 Å². The molecule has 27 heavy (non-hydrogen) atoms. The molecule has 5 heteroatoms. The van der Waals surface area contributed by atoms with Crippen LogP contribution in [0.3, 0.4) is 0 Å². The summed E-state index contributed by atoms with van der Waals surface area (Å²) in [7, 11) is 1.65. The number of aromatic nitrogens is 2. The number of carbonyl (C=O) groups excluding carboxylic acids is 1. The fraction of sp³-hybridized carbons (Fsp3) is 0.364. The zero-order valence-corrected chi connectivity index (χ0v) is 15.7. The van der Waals surface area contributed by atoms with Gasteiger partial charge in [-0.15, -0.1) is 0 Å². The van der Waals surface area contributed by atoms with Gasteiger partial charge >= 0.3 is 0 Å². The molecule has 0 atom stereocenters. The van der Waals surface area contributed by atoms with Crippen LogP contribution >= 0.6 is 0 Å². The van der Waals surface area contributed by atoms with E-state index in [1.54, 1.807) is 13.3 Å². The molecule has 3 aromatic rings. The summed E-state index contributed by atoms with van der Waals surface area (Å²) in [6.07, 6.45) is 6.41. The number of hydrogen-bond acceptors (Lipinski definition) is 3. The number of nitrogens with one attached hydrogen (secondary N) is 1. The molecule has 0 spiro atoms. The van der Waals surface area contributed by atoms with Crippen LogP contribution < -0.4 is 0 Å². The van der Waals surface area contributed by atoms with Gasteiger partial charge in [-0.1, -0.05) is 6.07 Å². The van der Waals surface area contributed by atoms with Crippen molar-refractivity contribution in [2.75, 3.05) is 20.3 Å². The van der Waals surface area contributed by atoms with Crippen molar-refractivity contribution in [1.82, 2.24) is 14.9 Å². The number of fused-ring (bicyclic) bond motifs is 3. The summed E-state index contributed by atoms with van der Waals surface area (Å²) in [5.41, 5.74) is 5.46. The van der Waals surface area contributed by atoms with Crippen molar-refractivity contribution in [3.8, 4) is 0 Å². The number of nitrogens with zero attached hydrogens (tertiary/aromatic N) is 2. The van der Waals surface area contributed by atoms with Gasteiger partial charge < -0.3 is 14.6 Å². The highest BCUT2D eigenvalue weighted by Crippen LogP contribution is 2.30. The van der Waals surface area contributed by atoms with Gasteiger partial charge in [0.25, 0.3) is 5.91 Å². The normalized spacial score (nSPS) is 13.5. The van der Waals surface area contributed by atoms with Gasteiger partial charge in [0.2, 0.25) is 0 Å². The molecule has 1 amide bonds. The molecule has 1 N–H and O–H groups in total. The van der Waals surface area contributed by atoms with E-state index < -0.39 is 0 Å². The average molecular weight is 363 g/mol. The lowest BCUT2D eigenvalue weighted by Gasteiger charge is -2.22. The third-order valence-corrected chi connectivity index (χ3v) is 5.28. The molecule has 0 saturated heterocycles.